The summed E-state index contributed by atoms with van der Waals surface area (Å²) in [5.41, 5.74) is 1.87. The zero-order valence-electron chi connectivity index (χ0n) is 16.9. The molecule has 0 aliphatic carbocycles. The lowest BCUT2D eigenvalue weighted by Crippen LogP contribution is -2.07. The fourth-order valence-electron chi connectivity index (χ4n) is 3.42. The molecule has 0 bridgehead atoms. The maximum Gasteiger partial charge on any atom is 0.204 e. The molecule has 4 aromatic rings. The SMILES string of the molecule is COc1ccc2c(C(=O)c3ccc(OC)c(OC)c3OC)c(-c3cn[nH]c3)oc2c1. The Kier molecular flexibility index (Phi) is 5.05. The lowest BCUT2D eigenvalue weighted by Gasteiger charge is -2.15. The molecule has 0 atom stereocenters. The Labute approximate surface area is 172 Å². The van der Waals surface area contributed by atoms with E-state index in [0.717, 1.165) is 0 Å². The van der Waals surface area contributed by atoms with Crippen molar-refractivity contribution in [2.75, 3.05) is 28.4 Å². The predicted molar refractivity (Wildman–Crippen MR) is 110 cm³/mol. The summed E-state index contributed by atoms with van der Waals surface area (Å²) in [4.78, 5) is 13.7. The molecule has 2 aromatic heterocycles. The normalized spacial score (nSPS) is 10.8. The van der Waals surface area contributed by atoms with Crippen LogP contribution in [0.4, 0.5) is 0 Å². The van der Waals surface area contributed by atoms with Gasteiger partial charge in [-0.05, 0) is 24.3 Å². The maximum atomic E-state index is 13.7. The Morgan fingerprint density at radius 1 is 0.967 bits per heavy atom. The number of rotatable bonds is 7. The first-order valence-electron chi connectivity index (χ1n) is 9.06. The van der Waals surface area contributed by atoms with E-state index in [1.165, 1.54) is 21.3 Å². The monoisotopic (exact) mass is 408 g/mol. The van der Waals surface area contributed by atoms with E-state index in [-0.39, 0.29) is 11.5 Å². The molecular formula is C22H20N2O6. The van der Waals surface area contributed by atoms with Gasteiger partial charge >= 0.3 is 0 Å². The molecule has 0 spiro atoms. The van der Waals surface area contributed by atoms with Gasteiger partial charge in [0.25, 0.3) is 0 Å². The van der Waals surface area contributed by atoms with E-state index in [2.05, 4.69) is 10.2 Å². The second-order valence-corrected chi connectivity index (χ2v) is 6.37. The number of hydrogen-bond donors (Lipinski definition) is 1. The summed E-state index contributed by atoms with van der Waals surface area (Å²) >= 11 is 0. The molecule has 0 saturated carbocycles. The van der Waals surface area contributed by atoms with Gasteiger partial charge < -0.3 is 23.4 Å². The van der Waals surface area contributed by atoms with Gasteiger partial charge in [-0.15, -0.1) is 0 Å². The van der Waals surface area contributed by atoms with Crippen LogP contribution in [0.25, 0.3) is 22.3 Å². The first kappa shape index (κ1) is 19.4. The number of carbonyl (C=O) groups excluding carboxylic acids is 1. The second kappa shape index (κ2) is 7.82. The van der Waals surface area contributed by atoms with Gasteiger partial charge in [0.15, 0.2) is 11.5 Å². The van der Waals surface area contributed by atoms with Gasteiger partial charge in [-0.2, -0.15) is 5.10 Å². The van der Waals surface area contributed by atoms with Gasteiger partial charge in [0.05, 0.1) is 51.3 Å². The van der Waals surface area contributed by atoms with E-state index < -0.39 is 0 Å². The highest BCUT2D eigenvalue weighted by Gasteiger charge is 2.28. The van der Waals surface area contributed by atoms with Crippen molar-refractivity contribution in [1.82, 2.24) is 10.2 Å². The van der Waals surface area contributed by atoms with Crippen molar-refractivity contribution in [3.8, 4) is 34.3 Å². The van der Waals surface area contributed by atoms with Gasteiger partial charge in [0, 0.05) is 17.6 Å². The van der Waals surface area contributed by atoms with Crippen molar-refractivity contribution in [2.45, 2.75) is 0 Å². The molecule has 4 rings (SSSR count). The van der Waals surface area contributed by atoms with Crippen molar-refractivity contribution >= 4 is 16.8 Å². The molecule has 2 aromatic carbocycles. The summed E-state index contributed by atoms with van der Waals surface area (Å²) in [5, 5.41) is 7.37. The lowest BCUT2D eigenvalue weighted by atomic mass is 9.97. The molecule has 0 unspecified atom stereocenters. The van der Waals surface area contributed by atoms with Crippen molar-refractivity contribution in [1.29, 1.82) is 0 Å². The fourth-order valence-corrected chi connectivity index (χ4v) is 3.42. The zero-order valence-corrected chi connectivity index (χ0v) is 16.9. The minimum Gasteiger partial charge on any atom is -0.497 e. The minimum atomic E-state index is -0.284. The highest BCUT2D eigenvalue weighted by atomic mass is 16.5. The number of aromatic nitrogens is 2. The van der Waals surface area contributed by atoms with E-state index in [4.69, 9.17) is 23.4 Å². The van der Waals surface area contributed by atoms with E-state index in [1.54, 1.807) is 49.8 Å². The van der Waals surface area contributed by atoms with Crippen LogP contribution < -0.4 is 18.9 Å². The first-order valence-corrected chi connectivity index (χ1v) is 9.06. The number of aromatic amines is 1. The van der Waals surface area contributed by atoms with Crippen molar-refractivity contribution in [3.63, 3.8) is 0 Å². The molecular weight excluding hydrogens is 388 g/mol. The molecule has 1 N–H and O–H groups in total. The largest absolute Gasteiger partial charge is 0.497 e. The van der Waals surface area contributed by atoms with Gasteiger partial charge in [0.2, 0.25) is 11.5 Å². The summed E-state index contributed by atoms with van der Waals surface area (Å²) in [6, 6.07) is 8.62. The van der Waals surface area contributed by atoms with E-state index in [1.807, 2.05) is 0 Å². The van der Waals surface area contributed by atoms with Crippen LogP contribution in [0.3, 0.4) is 0 Å². The Morgan fingerprint density at radius 2 is 1.77 bits per heavy atom. The van der Waals surface area contributed by atoms with E-state index in [0.29, 0.717) is 50.7 Å². The summed E-state index contributed by atoms with van der Waals surface area (Å²) in [7, 11) is 6.06. The number of ether oxygens (including phenoxy) is 4. The molecule has 8 heteroatoms. The van der Waals surface area contributed by atoms with Crippen LogP contribution in [0.5, 0.6) is 23.0 Å². The predicted octanol–water partition coefficient (Wildman–Crippen LogP) is 4.09. The van der Waals surface area contributed by atoms with Crippen LogP contribution in [-0.4, -0.2) is 44.4 Å². The topological polar surface area (TPSA) is 95.8 Å². The Hall–Kier alpha value is -3.94. The molecule has 0 amide bonds. The number of nitrogens with one attached hydrogen (secondary N) is 1. The summed E-state index contributed by atoms with van der Waals surface area (Å²) in [6.07, 6.45) is 3.26. The van der Waals surface area contributed by atoms with Crippen LogP contribution in [0.15, 0.2) is 47.1 Å². The number of benzene rings is 2. The smallest absolute Gasteiger partial charge is 0.204 e. The van der Waals surface area contributed by atoms with Crippen LogP contribution in [0.2, 0.25) is 0 Å². The maximum absolute atomic E-state index is 13.7. The summed E-state index contributed by atoms with van der Waals surface area (Å²) in [5.74, 6) is 1.82. The van der Waals surface area contributed by atoms with Crippen molar-refractivity contribution < 1.29 is 28.2 Å². The molecule has 0 saturated heterocycles. The molecule has 0 aliphatic heterocycles. The number of furan rings is 1. The third-order valence-corrected chi connectivity index (χ3v) is 4.83. The first-order chi connectivity index (χ1) is 14.6. The quantitative estimate of drug-likeness (QED) is 0.460. The number of carbonyl (C=O) groups is 1. The zero-order chi connectivity index (χ0) is 21.3. The third kappa shape index (κ3) is 3.02. The van der Waals surface area contributed by atoms with Crippen LogP contribution in [0.1, 0.15) is 15.9 Å². The number of H-pyrrole nitrogens is 1. The van der Waals surface area contributed by atoms with Crippen molar-refractivity contribution in [3.05, 3.63) is 53.9 Å². The highest BCUT2D eigenvalue weighted by Crippen LogP contribution is 2.43. The van der Waals surface area contributed by atoms with Gasteiger partial charge in [0.1, 0.15) is 17.1 Å². The number of fused-ring (bicyclic) bond motifs is 1. The van der Waals surface area contributed by atoms with E-state index in [9.17, 15) is 4.79 Å². The third-order valence-electron chi connectivity index (χ3n) is 4.83. The molecule has 8 nitrogen and oxygen atoms in total. The molecule has 154 valence electrons. The van der Waals surface area contributed by atoms with Gasteiger partial charge in [-0.25, -0.2) is 0 Å². The Bertz CT molecular complexity index is 1210. The number of nitrogens with zero attached hydrogens (tertiary/aromatic N) is 1. The average Bonchev–Trinajstić information content (AvgIpc) is 3.44. The van der Waals surface area contributed by atoms with Crippen molar-refractivity contribution in [2.24, 2.45) is 0 Å². The molecule has 0 aliphatic rings. The molecule has 0 radical (unpaired) electrons. The summed E-state index contributed by atoms with van der Waals surface area (Å²) in [6.45, 7) is 0. The van der Waals surface area contributed by atoms with E-state index >= 15 is 0 Å². The lowest BCUT2D eigenvalue weighted by molar-refractivity contribution is 0.103. The van der Waals surface area contributed by atoms with Crippen LogP contribution in [-0.2, 0) is 0 Å². The Balaban J connectivity index is 1.97. The standard InChI is InChI=1S/C22H20N2O6/c1-26-13-5-6-14-17(9-13)30-20(12-10-23-24-11-12)18(14)19(25)15-7-8-16(27-2)22(29-4)21(15)28-3/h5-11H,1-4H3,(H,23,24). The molecule has 30 heavy (non-hydrogen) atoms. The number of hydrogen-bond acceptors (Lipinski definition) is 7. The minimum absolute atomic E-state index is 0.280. The second-order valence-electron chi connectivity index (χ2n) is 6.37. The van der Waals surface area contributed by atoms with Gasteiger partial charge in [-0.1, -0.05) is 0 Å². The number of methoxy groups -OCH3 is 4. The molecule has 2 heterocycles. The Morgan fingerprint density at radius 3 is 2.40 bits per heavy atom. The fraction of sp³-hybridized carbons (Fsp3) is 0.182. The molecule has 0 fully saturated rings. The van der Waals surface area contributed by atoms with Crippen LogP contribution in [0, 0.1) is 0 Å². The summed E-state index contributed by atoms with van der Waals surface area (Å²) < 4.78 is 27.6. The average molecular weight is 408 g/mol. The van der Waals surface area contributed by atoms with Crippen LogP contribution >= 0.6 is 0 Å². The highest BCUT2D eigenvalue weighted by molar-refractivity contribution is 6.21. The number of ketones is 1. The van der Waals surface area contributed by atoms with Gasteiger partial charge in [-0.3, -0.25) is 9.89 Å².